The summed E-state index contributed by atoms with van der Waals surface area (Å²) >= 11 is 7.62. The lowest BCUT2D eigenvalue weighted by atomic mass is 10.3. The summed E-state index contributed by atoms with van der Waals surface area (Å²) in [4.78, 5) is 12.9. The van der Waals surface area contributed by atoms with E-state index in [0.29, 0.717) is 10.8 Å². The second-order valence-electron chi connectivity index (χ2n) is 3.91. The van der Waals surface area contributed by atoms with Gasteiger partial charge in [-0.3, -0.25) is 4.79 Å². The van der Waals surface area contributed by atoms with Crippen LogP contribution in [0.2, 0.25) is 5.02 Å². The van der Waals surface area contributed by atoms with Crippen molar-refractivity contribution in [2.45, 2.75) is 11.8 Å². The van der Waals surface area contributed by atoms with E-state index in [4.69, 9.17) is 16.0 Å². The average Bonchev–Trinajstić information content (AvgIpc) is 2.93. The number of carbonyl (C=O) groups is 1. The van der Waals surface area contributed by atoms with E-state index in [0.717, 1.165) is 16.3 Å². The van der Waals surface area contributed by atoms with Gasteiger partial charge >= 0.3 is 0 Å². The Kier molecular flexibility index (Phi) is 5.32. The van der Waals surface area contributed by atoms with Gasteiger partial charge in [0.15, 0.2) is 0 Å². The van der Waals surface area contributed by atoms with Crippen LogP contribution in [0.25, 0.3) is 6.08 Å². The van der Waals surface area contributed by atoms with Crippen LogP contribution in [0, 0.1) is 0 Å². The molecule has 0 unspecified atom stereocenters. The van der Waals surface area contributed by atoms with E-state index in [1.807, 2.05) is 12.1 Å². The van der Waals surface area contributed by atoms with Crippen molar-refractivity contribution in [3.63, 3.8) is 0 Å². The van der Waals surface area contributed by atoms with Crippen molar-refractivity contribution in [3.05, 3.63) is 53.5 Å². The number of amides is 1. The Morgan fingerprint density at radius 3 is 3.00 bits per heavy atom. The number of hydrogen-bond donors (Lipinski definition) is 1. The lowest BCUT2D eigenvalue weighted by Crippen LogP contribution is -2.08. The van der Waals surface area contributed by atoms with Gasteiger partial charge in [-0.05, 0) is 42.2 Å². The predicted molar refractivity (Wildman–Crippen MR) is 84.2 cm³/mol. The molecule has 0 atom stereocenters. The Labute approximate surface area is 127 Å². The van der Waals surface area contributed by atoms with Gasteiger partial charge in [0, 0.05) is 16.0 Å². The van der Waals surface area contributed by atoms with Crippen LogP contribution in [0.4, 0.5) is 5.69 Å². The molecule has 1 amide bonds. The molecule has 2 rings (SSSR count). The minimum atomic E-state index is -0.221. The number of hydrogen-bond acceptors (Lipinski definition) is 3. The van der Waals surface area contributed by atoms with Crippen LogP contribution in [0.15, 0.2) is 52.0 Å². The Balaban J connectivity index is 2.08. The molecule has 0 saturated carbocycles. The molecule has 0 spiro atoms. The van der Waals surface area contributed by atoms with Crippen molar-refractivity contribution < 1.29 is 9.21 Å². The minimum absolute atomic E-state index is 0.221. The van der Waals surface area contributed by atoms with E-state index in [-0.39, 0.29) is 5.91 Å². The molecule has 1 heterocycles. The van der Waals surface area contributed by atoms with Crippen molar-refractivity contribution in [2.75, 3.05) is 11.1 Å². The third-order valence-electron chi connectivity index (χ3n) is 2.44. The highest BCUT2D eigenvalue weighted by Crippen LogP contribution is 2.29. The lowest BCUT2D eigenvalue weighted by molar-refractivity contribution is -0.111. The molecule has 20 heavy (non-hydrogen) atoms. The first kappa shape index (κ1) is 14.8. The fraction of sp³-hybridized carbons (Fsp3) is 0.133. The fourth-order valence-electron chi connectivity index (χ4n) is 1.60. The third kappa shape index (κ3) is 4.18. The minimum Gasteiger partial charge on any atom is -0.465 e. The second kappa shape index (κ2) is 7.22. The largest absolute Gasteiger partial charge is 0.465 e. The smallest absolute Gasteiger partial charge is 0.248 e. The van der Waals surface area contributed by atoms with Crippen LogP contribution >= 0.6 is 23.4 Å². The quantitative estimate of drug-likeness (QED) is 0.643. The summed E-state index contributed by atoms with van der Waals surface area (Å²) < 4.78 is 5.12. The van der Waals surface area contributed by atoms with Crippen LogP contribution in [-0.4, -0.2) is 11.7 Å². The van der Waals surface area contributed by atoms with E-state index in [1.165, 1.54) is 6.08 Å². The number of nitrogens with one attached hydrogen (secondary N) is 1. The number of benzene rings is 1. The van der Waals surface area contributed by atoms with Gasteiger partial charge in [0.1, 0.15) is 5.76 Å². The maximum absolute atomic E-state index is 11.9. The Morgan fingerprint density at radius 2 is 2.30 bits per heavy atom. The molecule has 1 aromatic carbocycles. The molecule has 5 heteroatoms. The summed E-state index contributed by atoms with van der Waals surface area (Å²) in [6.07, 6.45) is 4.61. The Morgan fingerprint density at radius 1 is 1.45 bits per heavy atom. The van der Waals surface area contributed by atoms with Gasteiger partial charge in [-0.1, -0.05) is 18.5 Å². The summed E-state index contributed by atoms with van der Waals surface area (Å²) in [7, 11) is 0. The molecule has 1 aromatic heterocycles. The molecular weight excluding hydrogens is 294 g/mol. The predicted octanol–water partition coefficient (Wildman–Crippen LogP) is 4.70. The van der Waals surface area contributed by atoms with E-state index >= 15 is 0 Å². The number of thioether (sulfide) groups is 1. The molecule has 104 valence electrons. The van der Waals surface area contributed by atoms with E-state index < -0.39 is 0 Å². The molecule has 0 saturated heterocycles. The highest BCUT2D eigenvalue weighted by molar-refractivity contribution is 7.99. The van der Waals surface area contributed by atoms with Crippen molar-refractivity contribution in [1.29, 1.82) is 0 Å². The molecule has 1 N–H and O–H groups in total. The molecule has 0 aliphatic carbocycles. The van der Waals surface area contributed by atoms with Crippen LogP contribution < -0.4 is 5.32 Å². The average molecular weight is 308 g/mol. The van der Waals surface area contributed by atoms with E-state index in [1.54, 1.807) is 42.3 Å². The summed E-state index contributed by atoms with van der Waals surface area (Å²) in [6, 6.07) is 9.01. The number of carbonyl (C=O) groups excluding carboxylic acids is 1. The van der Waals surface area contributed by atoms with Gasteiger partial charge in [0.05, 0.1) is 12.0 Å². The summed E-state index contributed by atoms with van der Waals surface area (Å²) in [5, 5.41) is 3.42. The Bertz CT molecular complexity index is 608. The summed E-state index contributed by atoms with van der Waals surface area (Å²) in [6.45, 7) is 2.06. The first-order chi connectivity index (χ1) is 9.69. The molecule has 0 aliphatic rings. The molecule has 0 radical (unpaired) electrons. The van der Waals surface area contributed by atoms with Crippen molar-refractivity contribution in [2.24, 2.45) is 0 Å². The zero-order valence-electron chi connectivity index (χ0n) is 10.9. The molecule has 3 nitrogen and oxygen atoms in total. The summed E-state index contributed by atoms with van der Waals surface area (Å²) in [5.41, 5.74) is 0.721. The normalized spacial score (nSPS) is 10.9. The second-order valence-corrected chi connectivity index (χ2v) is 5.65. The maximum Gasteiger partial charge on any atom is 0.248 e. The van der Waals surface area contributed by atoms with Gasteiger partial charge in [-0.2, -0.15) is 0 Å². The van der Waals surface area contributed by atoms with Crippen molar-refractivity contribution in [3.8, 4) is 0 Å². The number of halogens is 1. The van der Waals surface area contributed by atoms with Gasteiger partial charge in [0.25, 0.3) is 0 Å². The number of furan rings is 1. The third-order valence-corrected chi connectivity index (χ3v) is 3.63. The highest BCUT2D eigenvalue weighted by Gasteiger charge is 2.06. The summed E-state index contributed by atoms with van der Waals surface area (Å²) in [5.74, 6) is 1.34. The van der Waals surface area contributed by atoms with Crippen molar-refractivity contribution >= 4 is 41.0 Å². The maximum atomic E-state index is 11.9. The highest BCUT2D eigenvalue weighted by atomic mass is 35.5. The van der Waals surface area contributed by atoms with Crippen LogP contribution in [0.5, 0.6) is 0 Å². The molecule has 2 aromatic rings. The van der Waals surface area contributed by atoms with Crippen molar-refractivity contribution in [1.82, 2.24) is 0 Å². The first-order valence-corrected chi connectivity index (χ1v) is 7.50. The molecular formula is C15H14ClNO2S. The fourth-order valence-corrected chi connectivity index (χ4v) is 2.51. The van der Waals surface area contributed by atoms with Gasteiger partial charge < -0.3 is 9.73 Å². The van der Waals surface area contributed by atoms with Gasteiger partial charge in [-0.15, -0.1) is 11.8 Å². The van der Waals surface area contributed by atoms with Crippen LogP contribution in [-0.2, 0) is 4.79 Å². The standard InChI is InChI=1S/C15H14ClNO2S/c1-2-20-14-7-5-11(16)10-13(14)17-15(18)8-6-12-4-3-9-19-12/h3-10H,2H2,1H3,(H,17,18). The topological polar surface area (TPSA) is 42.2 Å². The SMILES string of the molecule is CCSc1ccc(Cl)cc1NC(=O)C=Cc1ccco1. The Hall–Kier alpha value is -1.65. The number of rotatable bonds is 5. The van der Waals surface area contributed by atoms with Crippen LogP contribution in [0.1, 0.15) is 12.7 Å². The first-order valence-electron chi connectivity index (χ1n) is 6.14. The van der Waals surface area contributed by atoms with E-state index in [9.17, 15) is 4.79 Å². The zero-order valence-corrected chi connectivity index (χ0v) is 12.5. The van der Waals surface area contributed by atoms with E-state index in [2.05, 4.69) is 12.2 Å². The number of anilines is 1. The van der Waals surface area contributed by atoms with Crippen LogP contribution in [0.3, 0.4) is 0 Å². The lowest BCUT2D eigenvalue weighted by Gasteiger charge is -2.09. The monoisotopic (exact) mass is 307 g/mol. The zero-order chi connectivity index (χ0) is 14.4. The molecule has 0 fully saturated rings. The molecule has 0 bridgehead atoms. The van der Waals surface area contributed by atoms with Gasteiger partial charge in [-0.25, -0.2) is 0 Å². The molecule has 0 aliphatic heterocycles. The van der Waals surface area contributed by atoms with Gasteiger partial charge in [0.2, 0.25) is 5.91 Å².